The van der Waals surface area contributed by atoms with Crippen molar-refractivity contribution in [3.8, 4) is 0 Å². The highest BCUT2D eigenvalue weighted by atomic mass is 32.2. The number of amides is 1. The molecule has 1 N–H and O–H groups in total. The molecule has 2 heterocycles. The molecule has 0 saturated heterocycles. The lowest BCUT2D eigenvalue weighted by atomic mass is 10.8. The topological polar surface area (TPSA) is 59.8 Å². The molecule has 84 valence electrons. The Hall–Kier alpha value is -1.34. The van der Waals surface area contributed by atoms with Crippen molar-refractivity contribution in [1.29, 1.82) is 0 Å². The molecule has 2 aromatic heterocycles. The zero-order chi connectivity index (χ0) is 11.5. The summed E-state index contributed by atoms with van der Waals surface area (Å²) in [5.41, 5.74) is 1.74. The lowest BCUT2D eigenvalue weighted by molar-refractivity contribution is -0.113. The molecule has 0 bridgehead atoms. The van der Waals surface area contributed by atoms with Gasteiger partial charge in [-0.2, -0.15) is 0 Å². The molecule has 0 radical (unpaired) electrons. The van der Waals surface area contributed by atoms with E-state index in [4.69, 9.17) is 0 Å². The Labute approximate surface area is 100 Å². The van der Waals surface area contributed by atoms with Crippen LogP contribution in [0.4, 0.5) is 0 Å². The SMILES string of the molecule is CC(=O)N[s+]1cncc1Sc1nccn1C. The van der Waals surface area contributed by atoms with Gasteiger partial charge in [0.15, 0.2) is 5.16 Å². The molecule has 5 nitrogen and oxygen atoms in total. The van der Waals surface area contributed by atoms with Crippen LogP contribution >= 0.6 is 22.4 Å². The molecule has 0 aliphatic rings. The normalized spacial score (nSPS) is 11.5. The van der Waals surface area contributed by atoms with Gasteiger partial charge in [-0.1, -0.05) is 0 Å². The molecule has 1 atom stereocenters. The monoisotopic (exact) mass is 255 g/mol. The molecular formula is C9H11N4OS2+. The predicted molar refractivity (Wildman–Crippen MR) is 64.1 cm³/mol. The summed E-state index contributed by atoms with van der Waals surface area (Å²) in [7, 11) is 1.52. The quantitative estimate of drug-likeness (QED) is 0.850. The van der Waals surface area contributed by atoms with Crippen molar-refractivity contribution in [2.75, 3.05) is 4.72 Å². The number of aryl methyl sites for hydroxylation is 1. The summed E-state index contributed by atoms with van der Waals surface area (Å²) in [6, 6.07) is 0. The van der Waals surface area contributed by atoms with E-state index >= 15 is 0 Å². The number of carbonyl (C=O) groups is 1. The molecule has 16 heavy (non-hydrogen) atoms. The fourth-order valence-corrected chi connectivity index (χ4v) is 3.48. The number of rotatable bonds is 3. The first-order valence-corrected chi connectivity index (χ1v) is 6.66. The van der Waals surface area contributed by atoms with E-state index in [0.29, 0.717) is 0 Å². The highest BCUT2D eigenvalue weighted by Crippen LogP contribution is 2.34. The molecule has 0 fully saturated rings. The lowest BCUT2D eigenvalue weighted by Crippen LogP contribution is -2.03. The van der Waals surface area contributed by atoms with Crippen molar-refractivity contribution in [3.63, 3.8) is 0 Å². The van der Waals surface area contributed by atoms with Gasteiger partial charge in [-0.25, -0.2) is 9.97 Å². The smallest absolute Gasteiger partial charge is 0.262 e. The number of aromatic nitrogens is 3. The predicted octanol–water partition coefficient (Wildman–Crippen LogP) is 1.81. The van der Waals surface area contributed by atoms with Crippen LogP contribution in [0.3, 0.4) is 0 Å². The van der Waals surface area contributed by atoms with Crippen LogP contribution in [0.5, 0.6) is 0 Å². The first-order chi connectivity index (χ1) is 7.66. The maximum Gasteiger partial charge on any atom is 0.262 e. The summed E-state index contributed by atoms with van der Waals surface area (Å²) in [5.74, 6) is -0.0528. The molecule has 0 aromatic carbocycles. The molecular weight excluding hydrogens is 244 g/mol. The Morgan fingerprint density at radius 3 is 3.06 bits per heavy atom. The lowest BCUT2D eigenvalue weighted by Gasteiger charge is -1.96. The summed E-state index contributed by atoms with van der Waals surface area (Å²) in [4.78, 5) is 19.3. The van der Waals surface area contributed by atoms with Gasteiger partial charge in [-0.15, -0.1) is 4.72 Å². The van der Waals surface area contributed by atoms with Gasteiger partial charge in [0.2, 0.25) is 0 Å². The average Bonchev–Trinajstić information content (AvgIpc) is 2.78. The van der Waals surface area contributed by atoms with E-state index in [1.807, 2.05) is 17.8 Å². The van der Waals surface area contributed by atoms with E-state index in [-0.39, 0.29) is 5.91 Å². The third kappa shape index (κ3) is 2.42. The largest absolute Gasteiger partial charge is 0.329 e. The Balaban J connectivity index is 2.19. The van der Waals surface area contributed by atoms with Crippen molar-refractivity contribution in [2.24, 2.45) is 7.05 Å². The second-order valence-electron chi connectivity index (χ2n) is 3.12. The third-order valence-electron chi connectivity index (χ3n) is 1.79. The molecule has 0 spiro atoms. The van der Waals surface area contributed by atoms with Gasteiger partial charge in [0, 0.05) is 38.1 Å². The van der Waals surface area contributed by atoms with Gasteiger partial charge in [0.05, 0.1) is 0 Å². The maximum absolute atomic E-state index is 11.0. The van der Waals surface area contributed by atoms with E-state index in [0.717, 1.165) is 9.37 Å². The second kappa shape index (κ2) is 4.67. The van der Waals surface area contributed by atoms with Crippen LogP contribution in [0.15, 0.2) is 33.5 Å². The highest BCUT2D eigenvalue weighted by molar-refractivity contribution is 8.01. The van der Waals surface area contributed by atoms with Crippen LogP contribution in [0, 0.1) is 0 Å². The van der Waals surface area contributed by atoms with Crippen LogP contribution in [0.1, 0.15) is 6.92 Å². The Morgan fingerprint density at radius 2 is 2.44 bits per heavy atom. The molecule has 1 unspecified atom stereocenters. The van der Waals surface area contributed by atoms with Gasteiger partial charge in [0.25, 0.3) is 15.6 Å². The van der Waals surface area contributed by atoms with Crippen LogP contribution < -0.4 is 4.72 Å². The highest BCUT2D eigenvalue weighted by Gasteiger charge is 2.19. The number of nitrogens with zero attached hydrogens (tertiary/aromatic N) is 3. The summed E-state index contributed by atoms with van der Waals surface area (Å²) in [6.45, 7) is 1.50. The van der Waals surface area contributed by atoms with E-state index in [9.17, 15) is 4.79 Å². The van der Waals surface area contributed by atoms with Crippen LogP contribution in [-0.2, 0) is 11.8 Å². The number of thiazole rings is 1. The molecule has 0 saturated carbocycles. The summed E-state index contributed by atoms with van der Waals surface area (Å²) < 4.78 is 5.77. The first-order valence-electron chi connectivity index (χ1n) is 4.56. The number of imidazole rings is 1. The van der Waals surface area contributed by atoms with Crippen molar-refractivity contribution in [2.45, 2.75) is 16.3 Å². The summed E-state index contributed by atoms with van der Waals surface area (Å²) in [5, 5.41) is 0.889. The number of hydrogen-bond acceptors (Lipinski definition) is 4. The fourth-order valence-electron chi connectivity index (χ4n) is 1.10. The van der Waals surface area contributed by atoms with E-state index in [1.54, 1.807) is 17.9 Å². The van der Waals surface area contributed by atoms with Crippen molar-refractivity contribution in [3.05, 3.63) is 24.1 Å². The van der Waals surface area contributed by atoms with Crippen molar-refractivity contribution < 1.29 is 4.79 Å². The maximum atomic E-state index is 11.0. The van der Waals surface area contributed by atoms with Crippen molar-refractivity contribution in [1.82, 2.24) is 14.5 Å². The number of hydrogen-bond donors (Lipinski definition) is 1. The minimum atomic E-state index is -0.409. The third-order valence-corrected chi connectivity index (χ3v) is 4.84. The van der Waals surface area contributed by atoms with Gasteiger partial charge < -0.3 is 4.57 Å². The van der Waals surface area contributed by atoms with Crippen LogP contribution in [0.25, 0.3) is 0 Å². The summed E-state index contributed by atoms with van der Waals surface area (Å²) >= 11 is 1.52. The second-order valence-corrected chi connectivity index (χ2v) is 5.92. The van der Waals surface area contributed by atoms with Crippen LogP contribution in [-0.4, -0.2) is 20.4 Å². The first kappa shape index (κ1) is 11.2. The van der Waals surface area contributed by atoms with E-state index in [1.165, 1.54) is 18.7 Å². The van der Waals surface area contributed by atoms with Gasteiger partial charge in [0.1, 0.15) is 16.9 Å². The van der Waals surface area contributed by atoms with Gasteiger partial charge in [-0.3, -0.25) is 4.79 Å². The van der Waals surface area contributed by atoms with Gasteiger partial charge >= 0.3 is 0 Å². The molecule has 0 aliphatic heterocycles. The molecule has 2 aromatic rings. The molecule has 2 rings (SSSR count). The standard InChI is InChI=1S/C9H10N4OS2/c1-7(14)12-16-6-10-5-8(16)15-9-11-3-4-13(9)2/h3-6H,1-2H3/p+1. The molecule has 0 aliphatic carbocycles. The van der Waals surface area contributed by atoms with Gasteiger partial charge in [-0.05, 0) is 0 Å². The minimum Gasteiger partial charge on any atom is -0.329 e. The zero-order valence-electron chi connectivity index (χ0n) is 8.88. The Morgan fingerprint density at radius 1 is 1.62 bits per heavy atom. The Kier molecular flexibility index (Phi) is 3.25. The zero-order valence-corrected chi connectivity index (χ0v) is 10.5. The minimum absolute atomic E-state index is 0.0528. The van der Waals surface area contributed by atoms with E-state index in [2.05, 4.69) is 14.7 Å². The van der Waals surface area contributed by atoms with Crippen molar-refractivity contribution >= 4 is 28.3 Å². The fraction of sp³-hybridized carbons (Fsp3) is 0.222. The molecule has 7 heteroatoms. The average molecular weight is 255 g/mol. The van der Waals surface area contributed by atoms with E-state index < -0.39 is 10.7 Å². The summed E-state index contributed by atoms with van der Waals surface area (Å²) in [6.07, 6.45) is 5.39. The number of nitrogens with one attached hydrogen (secondary N) is 1. The number of carbonyl (C=O) groups excluding carboxylic acids is 1. The van der Waals surface area contributed by atoms with Crippen LogP contribution in [0.2, 0.25) is 0 Å². The Bertz CT molecular complexity index is 505. The molecule has 1 amide bonds.